The molecule has 2 amide bonds. The van der Waals surface area contributed by atoms with Gasteiger partial charge < -0.3 is 15.2 Å². The third-order valence-corrected chi connectivity index (χ3v) is 5.57. The number of carbonyl (C=O) groups is 2. The number of hydrogen-bond donors (Lipinski definition) is 2. The SMILES string of the molecule is O=C1CCSc2ccc(C(=O)NCCCn3cnc4ccccc43)cc2N1. The quantitative estimate of drug-likeness (QED) is 0.666. The van der Waals surface area contributed by atoms with Crippen molar-refractivity contribution in [3.05, 3.63) is 54.4 Å². The van der Waals surface area contributed by atoms with Crippen LogP contribution in [0.3, 0.4) is 0 Å². The Morgan fingerprint density at radius 1 is 1.26 bits per heavy atom. The van der Waals surface area contributed by atoms with Crippen LogP contribution in [0.25, 0.3) is 11.0 Å². The number of carbonyl (C=O) groups excluding carboxylic acids is 2. The first kappa shape index (κ1) is 17.6. The van der Waals surface area contributed by atoms with Crippen LogP contribution in [0, 0.1) is 0 Å². The highest BCUT2D eigenvalue weighted by Crippen LogP contribution is 2.31. The normalized spacial score (nSPS) is 13.7. The maximum atomic E-state index is 12.4. The maximum absolute atomic E-state index is 12.4. The highest BCUT2D eigenvalue weighted by molar-refractivity contribution is 7.99. The molecule has 0 radical (unpaired) electrons. The van der Waals surface area contributed by atoms with Gasteiger partial charge in [-0.3, -0.25) is 9.59 Å². The second-order valence-electron chi connectivity index (χ2n) is 6.39. The first-order chi connectivity index (χ1) is 13.2. The van der Waals surface area contributed by atoms with E-state index in [9.17, 15) is 9.59 Å². The van der Waals surface area contributed by atoms with Crippen molar-refractivity contribution in [2.75, 3.05) is 17.6 Å². The maximum Gasteiger partial charge on any atom is 0.251 e. The third-order valence-electron chi connectivity index (χ3n) is 4.49. The van der Waals surface area contributed by atoms with Crippen LogP contribution in [-0.4, -0.2) is 33.7 Å². The van der Waals surface area contributed by atoms with E-state index in [1.165, 1.54) is 0 Å². The average Bonchev–Trinajstić information content (AvgIpc) is 2.99. The van der Waals surface area contributed by atoms with Crippen molar-refractivity contribution in [3.8, 4) is 0 Å². The molecule has 0 saturated carbocycles. The Balaban J connectivity index is 1.34. The minimum absolute atomic E-state index is 0.00799. The lowest BCUT2D eigenvalue weighted by atomic mass is 10.2. The van der Waals surface area contributed by atoms with Gasteiger partial charge >= 0.3 is 0 Å². The van der Waals surface area contributed by atoms with Gasteiger partial charge in [0.2, 0.25) is 5.91 Å². The number of anilines is 1. The molecule has 2 heterocycles. The predicted molar refractivity (Wildman–Crippen MR) is 107 cm³/mol. The molecule has 0 unspecified atom stereocenters. The molecule has 1 aliphatic heterocycles. The Hall–Kier alpha value is -2.80. The molecule has 2 aromatic carbocycles. The van der Waals surface area contributed by atoms with E-state index in [2.05, 4.69) is 20.2 Å². The molecule has 1 aliphatic rings. The summed E-state index contributed by atoms with van der Waals surface area (Å²) in [5.74, 6) is 0.621. The summed E-state index contributed by atoms with van der Waals surface area (Å²) in [6, 6.07) is 13.5. The lowest BCUT2D eigenvalue weighted by molar-refractivity contribution is -0.115. The van der Waals surface area contributed by atoms with E-state index in [1.54, 1.807) is 17.8 Å². The molecular weight excluding hydrogens is 360 g/mol. The van der Waals surface area contributed by atoms with Gasteiger partial charge in [0.05, 0.1) is 23.0 Å². The number of fused-ring (bicyclic) bond motifs is 2. The fourth-order valence-electron chi connectivity index (χ4n) is 3.10. The van der Waals surface area contributed by atoms with E-state index < -0.39 is 0 Å². The average molecular weight is 380 g/mol. The number of benzene rings is 2. The molecular formula is C20H20N4O2S. The summed E-state index contributed by atoms with van der Waals surface area (Å²) >= 11 is 1.63. The lowest BCUT2D eigenvalue weighted by Gasteiger charge is -2.10. The van der Waals surface area contributed by atoms with Crippen molar-refractivity contribution < 1.29 is 9.59 Å². The van der Waals surface area contributed by atoms with E-state index in [1.807, 2.05) is 42.7 Å². The standard InChI is InChI=1S/C20H20N4O2S/c25-19-8-11-27-18-7-6-14(12-16(18)23-19)20(26)21-9-3-10-24-13-22-15-4-1-2-5-17(15)24/h1-2,4-7,12-13H,3,8-11H2,(H,21,26)(H,23,25). The van der Waals surface area contributed by atoms with Gasteiger partial charge in [0.25, 0.3) is 5.91 Å². The molecule has 27 heavy (non-hydrogen) atoms. The lowest BCUT2D eigenvalue weighted by Crippen LogP contribution is -2.25. The van der Waals surface area contributed by atoms with Crippen LogP contribution in [-0.2, 0) is 11.3 Å². The van der Waals surface area contributed by atoms with Crippen molar-refractivity contribution in [1.82, 2.24) is 14.9 Å². The smallest absolute Gasteiger partial charge is 0.251 e. The van der Waals surface area contributed by atoms with Crippen molar-refractivity contribution in [1.29, 1.82) is 0 Å². The topological polar surface area (TPSA) is 76.0 Å². The van der Waals surface area contributed by atoms with Crippen molar-refractivity contribution in [2.24, 2.45) is 0 Å². The largest absolute Gasteiger partial charge is 0.352 e. The van der Waals surface area contributed by atoms with Gasteiger partial charge in [-0.1, -0.05) is 12.1 Å². The monoisotopic (exact) mass is 380 g/mol. The molecule has 7 heteroatoms. The molecule has 138 valence electrons. The molecule has 6 nitrogen and oxygen atoms in total. The van der Waals surface area contributed by atoms with E-state index in [-0.39, 0.29) is 11.8 Å². The van der Waals surface area contributed by atoms with Crippen molar-refractivity contribution in [2.45, 2.75) is 24.3 Å². The predicted octanol–water partition coefficient (Wildman–Crippen LogP) is 3.29. The number of nitrogens with one attached hydrogen (secondary N) is 2. The number of para-hydroxylation sites is 2. The molecule has 2 N–H and O–H groups in total. The number of imidazole rings is 1. The Morgan fingerprint density at radius 2 is 2.15 bits per heavy atom. The van der Waals surface area contributed by atoms with Crippen molar-refractivity contribution in [3.63, 3.8) is 0 Å². The van der Waals surface area contributed by atoms with E-state index in [0.29, 0.717) is 18.5 Å². The molecule has 0 aliphatic carbocycles. The zero-order valence-electron chi connectivity index (χ0n) is 14.8. The highest BCUT2D eigenvalue weighted by atomic mass is 32.2. The Labute approximate surface area is 161 Å². The molecule has 1 aromatic heterocycles. The minimum Gasteiger partial charge on any atom is -0.352 e. The minimum atomic E-state index is -0.128. The summed E-state index contributed by atoms with van der Waals surface area (Å²) in [5, 5.41) is 5.82. The summed E-state index contributed by atoms with van der Waals surface area (Å²) in [6.07, 6.45) is 3.13. The molecule has 0 saturated heterocycles. The third kappa shape index (κ3) is 3.98. The Kier molecular flexibility index (Phi) is 5.11. The number of rotatable bonds is 5. The number of aromatic nitrogens is 2. The Morgan fingerprint density at radius 3 is 3.07 bits per heavy atom. The number of hydrogen-bond acceptors (Lipinski definition) is 4. The number of nitrogens with zero attached hydrogens (tertiary/aromatic N) is 2. The molecule has 0 spiro atoms. The fraction of sp³-hybridized carbons (Fsp3) is 0.250. The van der Waals surface area contributed by atoms with Crippen LogP contribution < -0.4 is 10.6 Å². The molecule has 0 fully saturated rings. The number of thioether (sulfide) groups is 1. The highest BCUT2D eigenvalue weighted by Gasteiger charge is 2.15. The van der Waals surface area contributed by atoms with Crippen LogP contribution in [0.2, 0.25) is 0 Å². The van der Waals surface area contributed by atoms with Gasteiger partial charge in [-0.15, -0.1) is 11.8 Å². The summed E-state index contributed by atoms with van der Waals surface area (Å²) in [5.41, 5.74) is 3.36. The van der Waals surface area contributed by atoms with Crippen LogP contribution in [0.1, 0.15) is 23.2 Å². The van der Waals surface area contributed by atoms with Gasteiger partial charge in [0.15, 0.2) is 0 Å². The van der Waals surface area contributed by atoms with Crippen LogP contribution in [0.15, 0.2) is 53.7 Å². The van der Waals surface area contributed by atoms with Gasteiger partial charge in [0, 0.05) is 35.7 Å². The molecule has 3 aromatic rings. The first-order valence-corrected chi connectivity index (χ1v) is 9.94. The van der Waals surface area contributed by atoms with Crippen LogP contribution >= 0.6 is 11.8 Å². The zero-order valence-corrected chi connectivity index (χ0v) is 15.6. The van der Waals surface area contributed by atoms with E-state index >= 15 is 0 Å². The van der Waals surface area contributed by atoms with Gasteiger partial charge in [-0.2, -0.15) is 0 Å². The summed E-state index contributed by atoms with van der Waals surface area (Å²) in [4.78, 5) is 29.5. The Bertz CT molecular complexity index is 999. The first-order valence-electron chi connectivity index (χ1n) is 8.95. The van der Waals surface area contributed by atoms with Crippen molar-refractivity contribution >= 4 is 40.3 Å². The van der Waals surface area contributed by atoms with Gasteiger partial charge in [-0.25, -0.2) is 4.98 Å². The fourth-order valence-corrected chi connectivity index (χ4v) is 4.04. The van der Waals surface area contributed by atoms with Gasteiger partial charge in [0.1, 0.15) is 0 Å². The van der Waals surface area contributed by atoms with Gasteiger partial charge in [-0.05, 0) is 36.8 Å². The molecule has 0 bridgehead atoms. The zero-order chi connectivity index (χ0) is 18.6. The summed E-state index contributed by atoms with van der Waals surface area (Å²) in [6.45, 7) is 1.36. The molecule has 4 rings (SSSR count). The van der Waals surface area contributed by atoms with Crippen LogP contribution in [0.4, 0.5) is 5.69 Å². The number of amides is 2. The molecule has 0 atom stereocenters. The second kappa shape index (κ2) is 7.84. The van der Waals surface area contributed by atoms with Crippen LogP contribution in [0.5, 0.6) is 0 Å². The van der Waals surface area contributed by atoms with E-state index in [0.717, 1.165) is 40.3 Å². The number of aryl methyl sites for hydroxylation is 1. The summed E-state index contributed by atoms with van der Waals surface area (Å²) < 4.78 is 2.09. The summed E-state index contributed by atoms with van der Waals surface area (Å²) in [7, 11) is 0. The van der Waals surface area contributed by atoms with E-state index in [4.69, 9.17) is 0 Å². The second-order valence-corrected chi connectivity index (χ2v) is 7.53.